The zero-order valence-corrected chi connectivity index (χ0v) is 15.5. The Bertz CT molecular complexity index is 792. The van der Waals surface area contributed by atoms with Gasteiger partial charge in [0, 0.05) is 5.69 Å². The van der Waals surface area contributed by atoms with Crippen LogP contribution < -0.4 is 15.8 Å². The van der Waals surface area contributed by atoms with E-state index in [4.69, 9.17) is 10.5 Å². The van der Waals surface area contributed by atoms with Gasteiger partial charge in [-0.05, 0) is 41.3 Å². The third kappa shape index (κ3) is 4.99. The van der Waals surface area contributed by atoms with Gasteiger partial charge in [0.05, 0.1) is 18.4 Å². The molecular weight excluding hydrogens is 332 g/mol. The first kappa shape index (κ1) is 19.3. The number of carbonyl (C=O) groups is 2. The summed E-state index contributed by atoms with van der Waals surface area (Å²) in [7, 11) is 1.29. The SMILES string of the molecule is COC(=O)c1ccc(N)c(OCC(=O)Nc2ccc(C(C)(C)C)cc2)c1. The van der Waals surface area contributed by atoms with E-state index in [1.165, 1.54) is 30.9 Å². The second-order valence-corrected chi connectivity index (χ2v) is 6.91. The number of carbonyl (C=O) groups excluding carboxylic acids is 2. The van der Waals surface area contributed by atoms with Crippen molar-refractivity contribution in [1.29, 1.82) is 0 Å². The molecule has 0 bridgehead atoms. The van der Waals surface area contributed by atoms with Gasteiger partial charge in [-0.25, -0.2) is 4.79 Å². The number of anilines is 2. The first-order chi connectivity index (χ1) is 12.2. The summed E-state index contributed by atoms with van der Waals surface area (Å²) in [5.74, 6) is -0.569. The topological polar surface area (TPSA) is 90.7 Å². The number of ether oxygens (including phenoxy) is 2. The highest BCUT2D eigenvalue weighted by Gasteiger charge is 2.14. The smallest absolute Gasteiger partial charge is 0.337 e. The monoisotopic (exact) mass is 356 g/mol. The summed E-state index contributed by atoms with van der Waals surface area (Å²) in [6.45, 7) is 6.15. The minimum Gasteiger partial charge on any atom is -0.482 e. The maximum absolute atomic E-state index is 12.1. The molecule has 0 aliphatic heterocycles. The Labute approximate surface area is 153 Å². The molecule has 3 N–H and O–H groups in total. The van der Waals surface area contributed by atoms with E-state index >= 15 is 0 Å². The molecule has 0 aromatic heterocycles. The number of nitrogen functional groups attached to an aromatic ring is 1. The molecule has 2 rings (SSSR count). The Morgan fingerprint density at radius 3 is 2.31 bits per heavy atom. The van der Waals surface area contributed by atoms with Gasteiger partial charge in [-0.2, -0.15) is 0 Å². The number of amides is 1. The van der Waals surface area contributed by atoms with Crippen LogP contribution in [-0.2, 0) is 14.9 Å². The minimum atomic E-state index is -0.502. The molecule has 0 unspecified atom stereocenters. The van der Waals surface area contributed by atoms with Crippen LogP contribution in [-0.4, -0.2) is 25.6 Å². The molecule has 2 aromatic carbocycles. The lowest BCUT2D eigenvalue weighted by molar-refractivity contribution is -0.118. The third-order valence-electron chi connectivity index (χ3n) is 3.83. The van der Waals surface area contributed by atoms with Gasteiger partial charge < -0.3 is 20.5 Å². The Hall–Kier alpha value is -3.02. The van der Waals surface area contributed by atoms with Crippen LogP contribution in [0.3, 0.4) is 0 Å². The second-order valence-electron chi connectivity index (χ2n) is 6.91. The molecule has 0 saturated carbocycles. The van der Waals surface area contributed by atoms with E-state index in [9.17, 15) is 9.59 Å². The van der Waals surface area contributed by atoms with Gasteiger partial charge in [-0.15, -0.1) is 0 Å². The first-order valence-corrected chi connectivity index (χ1v) is 8.22. The summed E-state index contributed by atoms with van der Waals surface area (Å²) >= 11 is 0. The molecule has 0 saturated heterocycles. The average molecular weight is 356 g/mol. The van der Waals surface area contributed by atoms with E-state index in [1.807, 2.05) is 24.3 Å². The fourth-order valence-electron chi connectivity index (χ4n) is 2.30. The van der Waals surface area contributed by atoms with Crippen LogP contribution in [0.5, 0.6) is 5.75 Å². The summed E-state index contributed by atoms with van der Waals surface area (Å²) in [5.41, 5.74) is 8.36. The van der Waals surface area contributed by atoms with Crippen molar-refractivity contribution in [2.75, 3.05) is 24.8 Å². The Balaban J connectivity index is 1.98. The van der Waals surface area contributed by atoms with Crippen molar-refractivity contribution in [1.82, 2.24) is 0 Å². The van der Waals surface area contributed by atoms with E-state index < -0.39 is 5.97 Å². The number of nitrogens with two attached hydrogens (primary N) is 1. The molecule has 0 radical (unpaired) electrons. The number of hydrogen-bond acceptors (Lipinski definition) is 5. The van der Waals surface area contributed by atoms with E-state index in [2.05, 4.69) is 30.8 Å². The van der Waals surface area contributed by atoms with Crippen molar-refractivity contribution in [2.24, 2.45) is 0 Å². The van der Waals surface area contributed by atoms with Crippen molar-refractivity contribution in [3.8, 4) is 5.75 Å². The molecule has 0 atom stereocenters. The van der Waals surface area contributed by atoms with Gasteiger partial charge in [0.1, 0.15) is 5.75 Å². The van der Waals surface area contributed by atoms with Crippen LogP contribution in [0.4, 0.5) is 11.4 Å². The van der Waals surface area contributed by atoms with Crippen molar-refractivity contribution in [3.63, 3.8) is 0 Å². The molecule has 0 fully saturated rings. The quantitative estimate of drug-likeness (QED) is 0.633. The van der Waals surface area contributed by atoms with Crippen LogP contribution in [0, 0.1) is 0 Å². The molecule has 6 heteroatoms. The normalized spacial score (nSPS) is 10.9. The predicted octanol–water partition coefficient (Wildman–Crippen LogP) is 3.37. The van der Waals surface area contributed by atoms with Gasteiger partial charge in [-0.1, -0.05) is 32.9 Å². The van der Waals surface area contributed by atoms with E-state index in [-0.39, 0.29) is 23.7 Å². The number of benzene rings is 2. The fraction of sp³-hybridized carbons (Fsp3) is 0.300. The summed E-state index contributed by atoms with van der Waals surface area (Å²) in [6, 6.07) is 12.2. The fourth-order valence-corrected chi connectivity index (χ4v) is 2.30. The predicted molar refractivity (Wildman–Crippen MR) is 101 cm³/mol. The second kappa shape index (κ2) is 7.91. The van der Waals surface area contributed by atoms with Crippen LogP contribution in [0.1, 0.15) is 36.7 Å². The van der Waals surface area contributed by atoms with Crippen LogP contribution >= 0.6 is 0 Å². The molecule has 138 valence electrons. The molecule has 26 heavy (non-hydrogen) atoms. The van der Waals surface area contributed by atoms with Crippen molar-refractivity contribution >= 4 is 23.3 Å². The number of nitrogens with one attached hydrogen (secondary N) is 1. The minimum absolute atomic E-state index is 0.0494. The molecular formula is C20H24N2O4. The largest absolute Gasteiger partial charge is 0.482 e. The highest BCUT2D eigenvalue weighted by molar-refractivity contribution is 5.92. The van der Waals surface area contributed by atoms with Crippen molar-refractivity contribution in [2.45, 2.75) is 26.2 Å². The van der Waals surface area contributed by atoms with Gasteiger partial charge in [0.15, 0.2) is 6.61 Å². The van der Waals surface area contributed by atoms with Gasteiger partial charge in [-0.3, -0.25) is 4.79 Å². The van der Waals surface area contributed by atoms with Crippen LogP contribution in [0.2, 0.25) is 0 Å². The number of rotatable bonds is 5. The van der Waals surface area contributed by atoms with E-state index in [0.29, 0.717) is 16.9 Å². The third-order valence-corrected chi connectivity index (χ3v) is 3.83. The first-order valence-electron chi connectivity index (χ1n) is 8.22. The van der Waals surface area contributed by atoms with Crippen LogP contribution in [0.15, 0.2) is 42.5 Å². The zero-order valence-electron chi connectivity index (χ0n) is 15.5. The highest BCUT2D eigenvalue weighted by atomic mass is 16.5. The molecule has 0 aliphatic carbocycles. The maximum Gasteiger partial charge on any atom is 0.337 e. The van der Waals surface area contributed by atoms with Crippen molar-refractivity contribution in [3.05, 3.63) is 53.6 Å². The summed E-state index contributed by atoms with van der Waals surface area (Å²) in [4.78, 5) is 23.6. The van der Waals surface area contributed by atoms with Gasteiger partial charge in [0.25, 0.3) is 5.91 Å². The standard InChI is InChI=1S/C20H24N2O4/c1-20(2,3)14-6-8-15(9-7-14)22-18(23)12-26-17-11-13(19(24)25-4)5-10-16(17)21/h5-11H,12,21H2,1-4H3,(H,22,23). The molecule has 2 aromatic rings. The molecule has 0 aliphatic rings. The lowest BCUT2D eigenvalue weighted by Crippen LogP contribution is -2.21. The van der Waals surface area contributed by atoms with E-state index in [0.717, 1.165) is 0 Å². The lowest BCUT2D eigenvalue weighted by Gasteiger charge is -2.19. The Morgan fingerprint density at radius 2 is 1.73 bits per heavy atom. The van der Waals surface area contributed by atoms with E-state index in [1.54, 1.807) is 0 Å². The molecule has 0 spiro atoms. The number of methoxy groups -OCH3 is 1. The number of esters is 1. The maximum atomic E-state index is 12.1. The molecule has 0 heterocycles. The van der Waals surface area contributed by atoms with Gasteiger partial charge in [0.2, 0.25) is 0 Å². The Kier molecular flexibility index (Phi) is 5.87. The Morgan fingerprint density at radius 1 is 1.08 bits per heavy atom. The van der Waals surface area contributed by atoms with Crippen molar-refractivity contribution < 1.29 is 19.1 Å². The summed E-state index contributed by atoms with van der Waals surface area (Å²) in [5, 5.41) is 2.76. The molecule has 6 nitrogen and oxygen atoms in total. The van der Waals surface area contributed by atoms with Gasteiger partial charge >= 0.3 is 5.97 Å². The average Bonchev–Trinajstić information content (AvgIpc) is 2.60. The highest BCUT2D eigenvalue weighted by Crippen LogP contribution is 2.24. The zero-order chi connectivity index (χ0) is 19.3. The van der Waals surface area contributed by atoms with Crippen LogP contribution in [0.25, 0.3) is 0 Å². The molecule has 1 amide bonds. The summed E-state index contributed by atoms with van der Waals surface area (Å²) in [6.07, 6.45) is 0. The summed E-state index contributed by atoms with van der Waals surface area (Å²) < 4.78 is 10.1. The number of hydrogen-bond donors (Lipinski definition) is 2. The lowest BCUT2D eigenvalue weighted by atomic mass is 9.87.